The zero-order chi connectivity index (χ0) is 18.9. The van der Waals surface area contributed by atoms with E-state index in [1.54, 1.807) is 0 Å². The third-order valence-corrected chi connectivity index (χ3v) is 4.14. The van der Waals surface area contributed by atoms with Crippen molar-refractivity contribution in [3.63, 3.8) is 0 Å². The van der Waals surface area contributed by atoms with E-state index in [0.29, 0.717) is 0 Å². The first-order valence-corrected chi connectivity index (χ1v) is 7.46. The van der Waals surface area contributed by atoms with Crippen molar-refractivity contribution in [2.45, 2.75) is 61.4 Å². The highest BCUT2D eigenvalue weighted by Gasteiger charge is 2.51. The van der Waals surface area contributed by atoms with E-state index in [-0.39, 0.29) is 0 Å². The Bertz CT molecular complexity index is 460. The number of ether oxygens (including phenoxy) is 4. The first-order valence-electron chi connectivity index (χ1n) is 7.46. The zero-order valence-electron chi connectivity index (χ0n) is 13.2. The molecule has 12 nitrogen and oxygen atoms in total. The van der Waals surface area contributed by atoms with Crippen LogP contribution < -0.4 is 0 Å². The molecule has 10 atom stereocenters. The van der Waals surface area contributed by atoms with Crippen molar-refractivity contribution >= 4 is 5.97 Å². The number of carbonyl (C=O) groups excluding carboxylic acids is 1. The summed E-state index contributed by atoms with van der Waals surface area (Å²) in [7, 11) is 1.01. The van der Waals surface area contributed by atoms with Crippen molar-refractivity contribution in [3.05, 3.63) is 0 Å². The van der Waals surface area contributed by atoms with E-state index in [2.05, 4.69) is 4.74 Å². The molecule has 2 fully saturated rings. The third kappa shape index (κ3) is 3.93. The molecule has 0 bridgehead atoms. The summed E-state index contributed by atoms with van der Waals surface area (Å²) < 4.78 is 19.5. The third-order valence-electron chi connectivity index (χ3n) is 4.14. The Morgan fingerprint density at radius 2 is 1.56 bits per heavy atom. The summed E-state index contributed by atoms with van der Waals surface area (Å²) in [6.07, 6.45) is -17.0. The average molecular weight is 370 g/mol. The molecule has 0 radical (unpaired) electrons. The van der Waals surface area contributed by atoms with E-state index in [9.17, 15) is 35.4 Å². The Labute approximate surface area is 141 Å². The van der Waals surface area contributed by atoms with Gasteiger partial charge in [-0.15, -0.1) is 0 Å². The van der Waals surface area contributed by atoms with Crippen LogP contribution in [0.15, 0.2) is 0 Å². The van der Waals surface area contributed by atoms with Gasteiger partial charge in [-0.3, -0.25) is 0 Å². The first-order chi connectivity index (χ1) is 11.7. The molecular formula is C13H22O12. The maximum atomic E-state index is 11.6. The summed E-state index contributed by atoms with van der Waals surface area (Å²) in [5.74, 6) is -1.05. The monoisotopic (exact) mass is 370 g/mol. The minimum atomic E-state index is -1.85. The summed E-state index contributed by atoms with van der Waals surface area (Å²) in [5.41, 5.74) is 0. The van der Waals surface area contributed by atoms with Gasteiger partial charge in [-0.2, -0.15) is 0 Å². The van der Waals surface area contributed by atoms with Crippen molar-refractivity contribution in [3.8, 4) is 0 Å². The highest BCUT2D eigenvalue weighted by Crippen LogP contribution is 2.28. The molecular weight excluding hydrogens is 348 g/mol. The summed E-state index contributed by atoms with van der Waals surface area (Å²) in [5, 5.41) is 68.2. The topological polar surface area (TPSA) is 196 Å². The van der Waals surface area contributed by atoms with Crippen LogP contribution in [0.1, 0.15) is 0 Å². The van der Waals surface area contributed by atoms with E-state index in [0.717, 1.165) is 7.11 Å². The van der Waals surface area contributed by atoms with Crippen LogP contribution in [0.3, 0.4) is 0 Å². The average Bonchev–Trinajstić information content (AvgIpc) is 2.60. The highest BCUT2D eigenvalue weighted by atomic mass is 16.7. The highest BCUT2D eigenvalue weighted by molar-refractivity contribution is 5.75. The minimum Gasteiger partial charge on any atom is -0.467 e. The first kappa shape index (κ1) is 20.4. The number of hydrogen-bond acceptors (Lipinski definition) is 12. The minimum absolute atomic E-state index is 0.681. The molecule has 146 valence electrons. The van der Waals surface area contributed by atoms with Gasteiger partial charge in [0.25, 0.3) is 0 Å². The van der Waals surface area contributed by atoms with E-state index >= 15 is 0 Å². The van der Waals surface area contributed by atoms with Gasteiger partial charge in [0.1, 0.15) is 42.7 Å². The summed E-state index contributed by atoms with van der Waals surface area (Å²) in [6.45, 7) is -0.681. The summed E-state index contributed by atoms with van der Waals surface area (Å²) in [6, 6.07) is 0. The molecule has 2 heterocycles. The molecule has 0 aromatic heterocycles. The van der Waals surface area contributed by atoms with E-state index in [4.69, 9.17) is 19.3 Å². The molecule has 2 rings (SSSR count). The van der Waals surface area contributed by atoms with Crippen LogP contribution in [0.5, 0.6) is 0 Å². The van der Waals surface area contributed by atoms with Crippen molar-refractivity contribution in [2.75, 3.05) is 13.7 Å². The SMILES string of the molecule is COC(=O)[C@H]1O[C@@H](O[C@H]2C(O)O[C@H](CO)[C@@H](O)[C@@H]2O)[C@H](O)[C@@H](O)[C@@H]1O. The standard InChI is InChI=1S/C13H22O12/c1-22-11(20)9-7(18)5(16)8(19)13(24-9)25-10-6(17)4(15)3(2-14)23-12(10)21/h3-10,12-19,21H,2H2,1H3/t3-,4-,5+,6+,7+,8-,9+,10-,12?,13+/m1/s1. The number of aliphatic hydroxyl groups excluding tert-OH is 7. The van der Waals surface area contributed by atoms with Gasteiger partial charge in [0.15, 0.2) is 18.7 Å². The number of rotatable bonds is 4. The normalized spacial score (nSPS) is 48.2. The van der Waals surface area contributed by atoms with Crippen LogP contribution in [-0.2, 0) is 23.7 Å². The Morgan fingerprint density at radius 1 is 0.920 bits per heavy atom. The molecule has 0 aromatic carbocycles. The van der Waals surface area contributed by atoms with Crippen molar-refractivity contribution in [1.82, 2.24) is 0 Å². The van der Waals surface area contributed by atoms with Gasteiger partial charge in [0, 0.05) is 0 Å². The van der Waals surface area contributed by atoms with Gasteiger partial charge < -0.3 is 54.7 Å². The van der Waals surface area contributed by atoms with Crippen LogP contribution in [0.25, 0.3) is 0 Å². The van der Waals surface area contributed by atoms with E-state index < -0.39 is 74.0 Å². The second-order valence-electron chi connectivity index (χ2n) is 5.75. The van der Waals surface area contributed by atoms with Gasteiger partial charge in [0.05, 0.1) is 13.7 Å². The maximum Gasteiger partial charge on any atom is 0.337 e. The molecule has 0 aliphatic carbocycles. The fourth-order valence-corrected chi connectivity index (χ4v) is 2.64. The van der Waals surface area contributed by atoms with Crippen LogP contribution >= 0.6 is 0 Å². The van der Waals surface area contributed by atoms with Crippen LogP contribution in [0.4, 0.5) is 0 Å². The number of aliphatic hydroxyl groups is 7. The van der Waals surface area contributed by atoms with Crippen molar-refractivity contribution in [2.24, 2.45) is 0 Å². The number of esters is 1. The Balaban J connectivity index is 2.13. The molecule has 0 saturated carbocycles. The fourth-order valence-electron chi connectivity index (χ4n) is 2.64. The summed E-state index contributed by atoms with van der Waals surface area (Å²) >= 11 is 0. The Morgan fingerprint density at radius 3 is 2.12 bits per heavy atom. The van der Waals surface area contributed by atoms with Gasteiger partial charge in [-0.05, 0) is 0 Å². The molecule has 2 aliphatic heterocycles. The zero-order valence-corrected chi connectivity index (χ0v) is 13.2. The molecule has 12 heteroatoms. The number of hydrogen-bond donors (Lipinski definition) is 7. The van der Waals surface area contributed by atoms with Gasteiger partial charge in [-0.25, -0.2) is 4.79 Å². The Hall–Kier alpha value is -0.930. The Kier molecular flexibility index (Phi) is 6.67. The summed E-state index contributed by atoms with van der Waals surface area (Å²) in [4.78, 5) is 11.6. The maximum absolute atomic E-state index is 11.6. The number of carbonyl (C=O) groups is 1. The molecule has 0 aromatic rings. The lowest BCUT2D eigenvalue weighted by molar-refractivity contribution is -0.358. The van der Waals surface area contributed by atoms with Crippen molar-refractivity contribution < 1.29 is 59.5 Å². The molecule has 7 N–H and O–H groups in total. The van der Waals surface area contributed by atoms with Gasteiger partial charge in [0.2, 0.25) is 0 Å². The molecule has 25 heavy (non-hydrogen) atoms. The fraction of sp³-hybridized carbons (Fsp3) is 0.923. The van der Waals surface area contributed by atoms with Crippen molar-refractivity contribution in [1.29, 1.82) is 0 Å². The van der Waals surface area contributed by atoms with Crippen LogP contribution in [0.2, 0.25) is 0 Å². The largest absolute Gasteiger partial charge is 0.467 e. The number of methoxy groups -OCH3 is 1. The predicted molar refractivity (Wildman–Crippen MR) is 73.5 cm³/mol. The molecule has 0 amide bonds. The lowest BCUT2D eigenvalue weighted by Gasteiger charge is -2.44. The van der Waals surface area contributed by atoms with Gasteiger partial charge in [-0.1, -0.05) is 0 Å². The van der Waals surface area contributed by atoms with E-state index in [1.807, 2.05) is 0 Å². The molecule has 2 saturated heterocycles. The predicted octanol–water partition coefficient (Wildman–Crippen LogP) is -5.22. The lowest BCUT2D eigenvalue weighted by atomic mass is 9.97. The molecule has 1 unspecified atom stereocenters. The smallest absolute Gasteiger partial charge is 0.337 e. The van der Waals surface area contributed by atoms with E-state index in [1.165, 1.54) is 0 Å². The van der Waals surface area contributed by atoms with Crippen LogP contribution in [-0.4, -0.2) is 117 Å². The van der Waals surface area contributed by atoms with Gasteiger partial charge >= 0.3 is 5.97 Å². The quantitative estimate of drug-likeness (QED) is 0.233. The second kappa shape index (κ2) is 8.18. The van der Waals surface area contributed by atoms with Crippen LogP contribution in [0, 0.1) is 0 Å². The lowest BCUT2D eigenvalue weighted by Crippen LogP contribution is -2.64. The second-order valence-corrected chi connectivity index (χ2v) is 5.75. The molecule has 2 aliphatic rings. The molecule has 0 spiro atoms.